The first-order chi connectivity index (χ1) is 18.0. The quantitative estimate of drug-likeness (QED) is 0.282. The van der Waals surface area contributed by atoms with Crippen LogP contribution in [0.2, 0.25) is 0 Å². The molecule has 37 heavy (non-hydrogen) atoms. The van der Waals surface area contributed by atoms with Crippen molar-refractivity contribution in [3.63, 3.8) is 0 Å². The van der Waals surface area contributed by atoms with E-state index in [9.17, 15) is 9.59 Å². The van der Waals surface area contributed by atoms with E-state index in [1.807, 2.05) is 36.4 Å². The monoisotopic (exact) mass is 499 g/mol. The second-order valence-corrected chi connectivity index (χ2v) is 8.22. The molecule has 0 aliphatic rings. The number of aromatic nitrogens is 1. The second-order valence-electron chi connectivity index (χ2n) is 8.22. The summed E-state index contributed by atoms with van der Waals surface area (Å²) in [7, 11) is 4.78. The van der Waals surface area contributed by atoms with Crippen LogP contribution in [0.1, 0.15) is 21.5 Å². The van der Waals surface area contributed by atoms with Gasteiger partial charge >= 0.3 is 0 Å². The third-order valence-corrected chi connectivity index (χ3v) is 5.92. The first-order valence-electron chi connectivity index (χ1n) is 11.7. The molecule has 4 rings (SSSR count). The van der Waals surface area contributed by atoms with Gasteiger partial charge in [0.05, 0.1) is 21.3 Å². The number of carbonyl (C=O) groups is 2. The minimum atomic E-state index is -0.408. The van der Waals surface area contributed by atoms with Crippen molar-refractivity contribution in [1.82, 2.24) is 15.6 Å². The Balaban J connectivity index is 1.57. The Labute approximate surface area is 215 Å². The molecule has 190 valence electrons. The Morgan fingerprint density at radius 2 is 1.62 bits per heavy atom. The summed E-state index contributed by atoms with van der Waals surface area (Å²) in [6, 6.07) is 19.9. The van der Waals surface area contributed by atoms with Crippen molar-refractivity contribution >= 4 is 28.8 Å². The number of fused-ring (bicyclic) bond motifs is 1. The number of hydrogen-bond donors (Lipinski definition) is 3. The molecule has 0 fully saturated rings. The van der Waals surface area contributed by atoms with Crippen LogP contribution >= 0.6 is 0 Å². The van der Waals surface area contributed by atoms with Gasteiger partial charge in [-0.15, -0.1) is 0 Å². The molecule has 3 N–H and O–H groups in total. The summed E-state index contributed by atoms with van der Waals surface area (Å²) in [6.45, 7) is 0.335. The molecule has 8 heteroatoms. The normalized spacial score (nSPS) is 11.2. The van der Waals surface area contributed by atoms with Crippen LogP contribution in [0.3, 0.4) is 0 Å². The first kappa shape index (κ1) is 25.4. The molecule has 3 aromatic carbocycles. The van der Waals surface area contributed by atoms with E-state index in [1.54, 1.807) is 63.9 Å². The lowest BCUT2D eigenvalue weighted by molar-refractivity contribution is -0.117. The predicted molar refractivity (Wildman–Crippen MR) is 143 cm³/mol. The highest BCUT2D eigenvalue weighted by Gasteiger charge is 2.16. The van der Waals surface area contributed by atoms with Gasteiger partial charge in [-0.3, -0.25) is 9.59 Å². The van der Waals surface area contributed by atoms with Crippen LogP contribution < -0.4 is 24.8 Å². The minimum Gasteiger partial charge on any atom is -0.497 e. The Morgan fingerprint density at radius 1 is 0.892 bits per heavy atom. The zero-order valence-corrected chi connectivity index (χ0v) is 21.0. The van der Waals surface area contributed by atoms with Crippen molar-refractivity contribution < 1.29 is 23.8 Å². The number of methoxy groups -OCH3 is 3. The number of benzene rings is 3. The van der Waals surface area contributed by atoms with Crippen LogP contribution in [0, 0.1) is 0 Å². The van der Waals surface area contributed by atoms with Crippen molar-refractivity contribution in [3.05, 3.63) is 95.3 Å². The van der Waals surface area contributed by atoms with Gasteiger partial charge in [-0.1, -0.05) is 24.3 Å². The maximum absolute atomic E-state index is 13.3. The SMILES string of the molecule is COc1ccc(CCNC(=O)C(=Cc2c[nH]c3ccc(OC)cc23)NC(=O)c2ccccc2)c(OC)c1. The highest BCUT2D eigenvalue weighted by Crippen LogP contribution is 2.26. The van der Waals surface area contributed by atoms with Crippen LogP contribution in [0.4, 0.5) is 0 Å². The molecule has 0 saturated heterocycles. The Morgan fingerprint density at radius 3 is 2.35 bits per heavy atom. The second kappa shape index (κ2) is 11.8. The Kier molecular flexibility index (Phi) is 8.10. The maximum atomic E-state index is 13.3. The van der Waals surface area contributed by atoms with E-state index < -0.39 is 5.91 Å². The van der Waals surface area contributed by atoms with Crippen LogP contribution in [-0.4, -0.2) is 44.7 Å². The number of amides is 2. The van der Waals surface area contributed by atoms with Crippen molar-refractivity contribution in [2.75, 3.05) is 27.9 Å². The fraction of sp³-hybridized carbons (Fsp3) is 0.172. The van der Waals surface area contributed by atoms with Crippen LogP contribution in [-0.2, 0) is 11.2 Å². The van der Waals surface area contributed by atoms with E-state index >= 15 is 0 Å². The maximum Gasteiger partial charge on any atom is 0.267 e. The van der Waals surface area contributed by atoms with Gasteiger partial charge < -0.3 is 29.8 Å². The highest BCUT2D eigenvalue weighted by atomic mass is 16.5. The lowest BCUT2D eigenvalue weighted by atomic mass is 10.1. The smallest absolute Gasteiger partial charge is 0.267 e. The topological polar surface area (TPSA) is 102 Å². The lowest BCUT2D eigenvalue weighted by Gasteiger charge is -2.13. The number of nitrogens with one attached hydrogen (secondary N) is 3. The first-order valence-corrected chi connectivity index (χ1v) is 11.7. The number of hydrogen-bond acceptors (Lipinski definition) is 5. The van der Waals surface area contributed by atoms with Gasteiger partial charge in [-0.05, 0) is 54.5 Å². The fourth-order valence-electron chi connectivity index (χ4n) is 3.93. The molecule has 8 nitrogen and oxygen atoms in total. The van der Waals surface area contributed by atoms with Crippen molar-refractivity contribution in [2.45, 2.75) is 6.42 Å². The Hall–Kier alpha value is -4.72. The summed E-state index contributed by atoms with van der Waals surface area (Å²) in [5, 5.41) is 6.54. The number of H-pyrrole nitrogens is 1. The van der Waals surface area contributed by atoms with Crippen LogP contribution in [0.5, 0.6) is 17.2 Å². The number of carbonyl (C=O) groups excluding carboxylic acids is 2. The van der Waals surface area contributed by atoms with E-state index in [0.29, 0.717) is 35.8 Å². The summed E-state index contributed by atoms with van der Waals surface area (Å²) in [5.41, 5.74) is 3.12. The molecule has 1 heterocycles. The van der Waals surface area contributed by atoms with Gasteiger partial charge in [-0.25, -0.2) is 0 Å². The van der Waals surface area contributed by atoms with Crippen molar-refractivity contribution in [2.24, 2.45) is 0 Å². The predicted octanol–water partition coefficient (Wildman–Crippen LogP) is 4.32. The van der Waals surface area contributed by atoms with Crippen LogP contribution in [0.25, 0.3) is 17.0 Å². The molecule has 0 atom stereocenters. The molecule has 0 aliphatic carbocycles. The molecular weight excluding hydrogens is 470 g/mol. The molecule has 4 aromatic rings. The largest absolute Gasteiger partial charge is 0.497 e. The van der Waals surface area contributed by atoms with Gasteiger partial charge in [0.25, 0.3) is 11.8 Å². The molecule has 1 aromatic heterocycles. The zero-order chi connectivity index (χ0) is 26.2. The van der Waals surface area contributed by atoms with Gasteiger partial charge in [0.1, 0.15) is 22.9 Å². The number of ether oxygens (including phenoxy) is 3. The van der Waals surface area contributed by atoms with Crippen LogP contribution in [0.15, 0.2) is 78.6 Å². The fourth-order valence-corrected chi connectivity index (χ4v) is 3.93. The van der Waals surface area contributed by atoms with Gasteiger partial charge in [0, 0.05) is 40.8 Å². The lowest BCUT2D eigenvalue weighted by Crippen LogP contribution is -2.35. The zero-order valence-electron chi connectivity index (χ0n) is 21.0. The van der Waals surface area contributed by atoms with Gasteiger partial charge in [-0.2, -0.15) is 0 Å². The summed E-state index contributed by atoms with van der Waals surface area (Å²) in [4.78, 5) is 29.4. The Bertz CT molecular complexity index is 1430. The van der Waals surface area contributed by atoms with E-state index in [2.05, 4.69) is 15.6 Å². The minimum absolute atomic E-state index is 0.124. The summed E-state index contributed by atoms with van der Waals surface area (Å²) in [5.74, 6) is 1.27. The molecule has 0 saturated carbocycles. The number of rotatable bonds is 10. The standard InChI is InChI=1S/C29H29N3O5/c1-35-22-11-12-25-24(16-22)21(18-31-25)15-26(32-28(33)20-7-5-4-6-8-20)29(34)30-14-13-19-9-10-23(36-2)17-27(19)37-3/h4-12,15-18,31H,13-14H2,1-3H3,(H,30,34)(H,32,33). The molecule has 2 amide bonds. The van der Waals surface area contributed by atoms with E-state index in [4.69, 9.17) is 14.2 Å². The molecule has 0 bridgehead atoms. The molecule has 0 unspecified atom stereocenters. The van der Waals surface area contributed by atoms with Gasteiger partial charge in [0.15, 0.2) is 0 Å². The average Bonchev–Trinajstić information content (AvgIpc) is 3.34. The number of aromatic amines is 1. The molecule has 0 aliphatic heterocycles. The summed E-state index contributed by atoms with van der Waals surface area (Å²) in [6.07, 6.45) is 3.97. The van der Waals surface area contributed by atoms with E-state index in [-0.39, 0.29) is 11.6 Å². The average molecular weight is 500 g/mol. The highest BCUT2D eigenvalue weighted by molar-refractivity contribution is 6.06. The summed E-state index contributed by atoms with van der Waals surface area (Å²) >= 11 is 0. The van der Waals surface area contributed by atoms with E-state index in [1.165, 1.54) is 0 Å². The molecule has 0 spiro atoms. The van der Waals surface area contributed by atoms with E-state index in [0.717, 1.165) is 22.0 Å². The van der Waals surface area contributed by atoms with Gasteiger partial charge in [0.2, 0.25) is 0 Å². The van der Waals surface area contributed by atoms with Crippen molar-refractivity contribution in [1.29, 1.82) is 0 Å². The third kappa shape index (κ3) is 6.10. The summed E-state index contributed by atoms with van der Waals surface area (Å²) < 4.78 is 16.0. The molecular formula is C29H29N3O5. The third-order valence-electron chi connectivity index (χ3n) is 5.92. The molecule has 0 radical (unpaired) electrons. The van der Waals surface area contributed by atoms with Crippen molar-refractivity contribution in [3.8, 4) is 17.2 Å².